The van der Waals surface area contributed by atoms with Gasteiger partial charge in [-0.3, -0.25) is 14.4 Å². The predicted molar refractivity (Wildman–Crippen MR) is 113 cm³/mol. The van der Waals surface area contributed by atoms with Gasteiger partial charge in [-0.05, 0) is 48.7 Å². The minimum atomic E-state index is -0.229. The van der Waals surface area contributed by atoms with E-state index in [0.717, 1.165) is 17.0 Å². The van der Waals surface area contributed by atoms with Crippen LogP contribution < -0.4 is 25.4 Å². The second-order valence-corrected chi connectivity index (χ2v) is 6.86. The largest absolute Gasteiger partial charge is 0.494 e. The number of amides is 3. The van der Waals surface area contributed by atoms with Crippen LogP contribution in [0.15, 0.2) is 42.5 Å². The number of anilines is 2. The Morgan fingerprint density at radius 1 is 1.03 bits per heavy atom. The third kappa shape index (κ3) is 6.23. The summed E-state index contributed by atoms with van der Waals surface area (Å²) in [6, 6.07) is 12.5. The highest BCUT2D eigenvalue weighted by atomic mass is 16.5. The normalized spacial score (nSPS) is 12.4. The molecule has 0 spiro atoms. The molecule has 0 fully saturated rings. The van der Waals surface area contributed by atoms with Crippen molar-refractivity contribution in [3.63, 3.8) is 0 Å². The number of hydrogen-bond acceptors (Lipinski definition) is 5. The Kier molecular flexibility index (Phi) is 7.26. The Morgan fingerprint density at radius 3 is 2.70 bits per heavy atom. The molecular formula is C22H25N3O5. The molecule has 1 aliphatic heterocycles. The van der Waals surface area contributed by atoms with E-state index >= 15 is 0 Å². The summed E-state index contributed by atoms with van der Waals surface area (Å²) in [5.74, 6) is 0.906. The molecule has 30 heavy (non-hydrogen) atoms. The van der Waals surface area contributed by atoms with Crippen LogP contribution >= 0.6 is 0 Å². The van der Waals surface area contributed by atoms with Crippen molar-refractivity contribution in [1.82, 2.24) is 5.32 Å². The topological polar surface area (TPSA) is 106 Å². The van der Waals surface area contributed by atoms with Gasteiger partial charge in [0.1, 0.15) is 11.5 Å². The lowest BCUT2D eigenvalue weighted by atomic mass is 10.0. The van der Waals surface area contributed by atoms with E-state index in [1.54, 1.807) is 24.3 Å². The maximum absolute atomic E-state index is 12.2. The Hall–Kier alpha value is -3.55. The predicted octanol–water partition coefficient (Wildman–Crippen LogP) is 2.49. The highest BCUT2D eigenvalue weighted by Crippen LogP contribution is 2.27. The lowest BCUT2D eigenvalue weighted by Gasteiger charge is -2.17. The third-order valence-electron chi connectivity index (χ3n) is 4.56. The average Bonchev–Trinajstić information content (AvgIpc) is 2.75. The summed E-state index contributed by atoms with van der Waals surface area (Å²) in [4.78, 5) is 34.8. The maximum Gasteiger partial charge on any atom is 0.257 e. The first kappa shape index (κ1) is 21.2. The highest BCUT2D eigenvalue weighted by Gasteiger charge is 2.15. The van der Waals surface area contributed by atoms with Crippen LogP contribution in [0.25, 0.3) is 0 Å². The summed E-state index contributed by atoms with van der Waals surface area (Å²) in [6.45, 7) is 0.328. The summed E-state index contributed by atoms with van der Waals surface area (Å²) in [6.07, 6.45) is 2.05. The number of carbonyl (C=O) groups excluding carboxylic acids is 3. The zero-order chi connectivity index (χ0) is 21.3. The van der Waals surface area contributed by atoms with Crippen molar-refractivity contribution in [2.75, 3.05) is 30.9 Å². The fourth-order valence-corrected chi connectivity index (χ4v) is 2.98. The van der Waals surface area contributed by atoms with E-state index < -0.39 is 0 Å². The number of benzene rings is 2. The Bertz CT molecular complexity index is 929. The molecule has 0 bridgehead atoms. The summed E-state index contributed by atoms with van der Waals surface area (Å²) >= 11 is 0. The first-order chi connectivity index (χ1) is 14.5. The van der Waals surface area contributed by atoms with Gasteiger partial charge in [0.2, 0.25) is 11.8 Å². The number of ether oxygens (including phenoxy) is 2. The molecule has 8 nitrogen and oxygen atoms in total. The minimum Gasteiger partial charge on any atom is -0.494 e. The smallest absolute Gasteiger partial charge is 0.257 e. The van der Waals surface area contributed by atoms with Crippen molar-refractivity contribution in [3.05, 3.63) is 48.0 Å². The van der Waals surface area contributed by atoms with Gasteiger partial charge in [-0.25, -0.2) is 0 Å². The molecule has 1 aliphatic rings. The molecule has 0 aliphatic carbocycles. The Morgan fingerprint density at radius 2 is 1.87 bits per heavy atom. The number of carbonyl (C=O) groups is 3. The van der Waals surface area contributed by atoms with Gasteiger partial charge in [0.05, 0.1) is 6.61 Å². The van der Waals surface area contributed by atoms with Crippen molar-refractivity contribution in [3.8, 4) is 11.5 Å². The molecule has 0 atom stereocenters. The number of nitrogens with one attached hydrogen (secondary N) is 3. The first-order valence-corrected chi connectivity index (χ1v) is 9.82. The zero-order valence-corrected chi connectivity index (χ0v) is 16.8. The maximum atomic E-state index is 12.2. The number of likely N-dealkylation sites (N-methyl/N-ethyl adjacent to an activating group) is 1. The minimum absolute atomic E-state index is 0.0331. The van der Waals surface area contributed by atoms with Crippen LogP contribution in [0.3, 0.4) is 0 Å². The second-order valence-electron chi connectivity index (χ2n) is 6.86. The quantitative estimate of drug-likeness (QED) is 0.550. The zero-order valence-electron chi connectivity index (χ0n) is 16.8. The molecule has 0 unspecified atom stereocenters. The van der Waals surface area contributed by atoms with Crippen LogP contribution in [0.5, 0.6) is 11.5 Å². The fraction of sp³-hybridized carbons (Fsp3) is 0.318. The van der Waals surface area contributed by atoms with Crippen LogP contribution in [0.2, 0.25) is 0 Å². The molecule has 8 heteroatoms. The van der Waals surface area contributed by atoms with Gasteiger partial charge in [-0.1, -0.05) is 6.07 Å². The lowest BCUT2D eigenvalue weighted by Crippen LogP contribution is -2.24. The van der Waals surface area contributed by atoms with Crippen molar-refractivity contribution < 1.29 is 23.9 Å². The van der Waals surface area contributed by atoms with E-state index in [4.69, 9.17) is 9.47 Å². The summed E-state index contributed by atoms with van der Waals surface area (Å²) in [5, 5.41) is 8.13. The van der Waals surface area contributed by atoms with Gasteiger partial charge in [-0.2, -0.15) is 0 Å². The van der Waals surface area contributed by atoms with Gasteiger partial charge < -0.3 is 25.4 Å². The molecule has 2 aromatic rings. The van der Waals surface area contributed by atoms with Crippen LogP contribution in [0.1, 0.15) is 24.8 Å². The molecule has 0 radical (unpaired) electrons. The third-order valence-corrected chi connectivity index (χ3v) is 4.56. The molecule has 0 aromatic heterocycles. The number of rotatable bonds is 9. The first-order valence-electron chi connectivity index (χ1n) is 9.82. The molecule has 158 valence electrons. The van der Waals surface area contributed by atoms with Crippen molar-refractivity contribution in [1.29, 1.82) is 0 Å². The SMILES string of the molecule is CNC(=O)COc1cccc(NC(=O)CCCOc2ccc3c(c2)CCC(=O)N3)c1. The lowest BCUT2D eigenvalue weighted by molar-refractivity contribution is -0.122. The summed E-state index contributed by atoms with van der Waals surface area (Å²) in [5.41, 5.74) is 2.50. The van der Waals surface area contributed by atoms with E-state index in [-0.39, 0.29) is 24.3 Å². The molecular weight excluding hydrogens is 386 g/mol. The molecule has 2 aromatic carbocycles. The van der Waals surface area contributed by atoms with E-state index in [9.17, 15) is 14.4 Å². The Labute approximate surface area is 174 Å². The molecule has 3 amide bonds. The molecule has 0 saturated carbocycles. The van der Waals surface area contributed by atoms with E-state index in [1.807, 2.05) is 18.2 Å². The Balaban J connectivity index is 1.40. The van der Waals surface area contributed by atoms with Crippen LogP contribution in [0, 0.1) is 0 Å². The summed E-state index contributed by atoms with van der Waals surface area (Å²) in [7, 11) is 1.54. The van der Waals surface area contributed by atoms with Crippen LogP contribution in [-0.4, -0.2) is 38.0 Å². The number of aryl methyl sites for hydroxylation is 1. The number of fused-ring (bicyclic) bond motifs is 1. The molecule has 1 heterocycles. The van der Waals surface area contributed by atoms with Crippen molar-refractivity contribution in [2.24, 2.45) is 0 Å². The second kappa shape index (κ2) is 10.3. The van der Waals surface area contributed by atoms with Gasteiger partial charge in [0.25, 0.3) is 5.91 Å². The van der Waals surface area contributed by atoms with Gasteiger partial charge in [0.15, 0.2) is 6.61 Å². The highest BCUT2D eigenvalue weighted by molar-refractivity contribution is 5.94. The van der Waals surface area contributed by atoms with Crippen LogP contribution in [0.4, 0.5) is 11.4 Å². The average molecular weight is 411 g/mol. The monoisotopic (exact) mass is 411 g/mol. The van der Waals surface area contributed by atoms with Gasteiger partial charge in [-0.15, -0.1) is 0 Å². The summed E-state index contributed by atoms with van der Waals surface area (Å²) < 4.78 is 11.1. The van der Waals surface area contributed by atoms with Gasteiger partial charge in [0, 0.05) is 37.3 Å². The molecule has 3 rings (SSSR count). The van der Waals surface area contributed by atoms with E-state index in [0.29, 0.717) is 43.7 Å². The van der Waals surface area contributed by atoms with Crippen molar-refractivity contribution >= 4 is 29.1 Å². The van der Waals surface area contributed by atoms with E-state index in [2.05, 4.69) is 16.0 Å². The molecule has 0 saturated heterocycles. The van der Waals surface area contributed by atoms with Crippen molar-refractivity contribution in [2.45, 2.75) is 25.7 Å². The fourth-order valence-electron chi connectivity index (χ4n) is 2.98. The standard InChI is InChI=1S/C22H25N3O5/c1-23-22(28)14-30-17-5-2-4-16(13-17)24-20(26)6-3-11-29-18-8-9-19-15(12-18)7-10-21(27)25-19/h2,4-5,8-9,12-13H,3,6-7,10-11,14H2,1H3,(H,23,28)(H,24,26)(H,25,27). The van der Waals surface area contributed by atoms with Gasteiger partial charge >= 0.3 is 0 Å². The number of hydrogen-bond donors (Lipinski definition) is 3. The van der Waals surface area contributed by atoms with E-state index in [1.165, 1.54) is 7.05 Å². The molecule has 3 N–H and O–H groups in total. The van der Waals surface area contributed by atoms with Crippen LogP contribution in [-0.2, 0) is 20.8 Å².